The fourth-order valence-electron chi connectivity index (χ4n) is 2.42. The van der Waals surface area contributed by atoms with Crippen LogP contribution in [0.4, 0.5) is 0 Å². The Kier molecular flexibility index (Phi) is 5.39. The molecule has 0 spiro atoms. The van der Waals surface area contributed by atoms with E-state index in [1.807, 2.05) is 55.5 Å². The van der Waals surface area contributed by atoms with Crippen LogP contribution in [0.1, 0.15) is 16.7 Å². The zero-order valence-corrected chi connectivity index (χ0v) is 14.3. The number of fused-ring (bicyclic) bond motifs is 1. The number of hydrogen-bond acceptors (Lipinski definition) is 3. The van der Waals surface area contributed by atoms with Crippen LogP contribution in [0.5, 0.6) is 5.75 Å². The number of amides is 1. The first-order valence-corrected chi connectivity index (χ1v) is 7.07. The number of ether oxygens (including phenoxy) is 1. The molecule has 0 aromatic heterocycles. The molecule has 6 heteroatoms. The van der Waals surface area contributed by atoms with Crippen molar-refractivity contribution in [1.29, 1.82) is 5.41 Å². The van der Waals surface area contributed by atoms with Crippen molar-refractivity contribution in [2.24, 2.45) is 0 Å². The Bertz CT molecular complexity index is 733. The largest absolute Gasteiger partial charge is 1.00 e. The molecule has 2 aromatic rings. The number of hydrazine groups is 1. The second-order valence-electron chi connectivity index (χ2n) is 5.18. The van der Waals surface area contributed by atoms with Gasteiger partial charge in [-0.25, -0.2) is 0 Å². The quantitative estimate of drug-likeness (QED) is 0.739. The van der Waals surface area contributed by atoms with Crippen LogP contribution >= 0.6 is 0 Å². The Hall–Kier alpha value is -2.34. The minimum Gasteiger partial charge on any atom is -1.00 e. The van der Waals surface area contributed by atoms with Crippen LogP contribution in [0.3, 0.4) is 0 Å². The number of nitrogens with one attached hydrogen (secondary N) is 2. The molecule has 3 rings (SSSR count). The molecular formula is C17H17BrN3O2-. The van der Waals surface area contributed by atoms with Crippen molar-refractivity contribution in [1.82, 2.24) is 10.4 Å². The minimum atomic E-state index is -0.277. The summed E-state index contributed by atoms with van der Waals surface area (Å²) in [7, 11) is 0. The van der Waals surface area contributed by atoms with Crippen LogP contribution in [0, 0.1) is 12.3 Å². The average Bonchev–Trinajstić information content (AvgIpc) is 2.83. The molecule has 1 heterocycles. The molecule has 2 N–H and O–H groups in total. The fourth-order valence-corrected chi connectivity index (χ4v) is 2.42. The van der Waals surface area contributed by atoms with Gasteiger partial charge in [-0.05, 0) is 24.1 Å². The first kappa shape index (κ1) is 17.0. The summed E-state index contributed by atoms with van der Waals surface area (Å²) in [5.41, 5.74) is 5.58. The number of aryl methyl sites for hydroxylation is 1. The molecule has 0 saturated heterocycles. The van der Waals surface area contributed by atoms with Crippen molar-refractivity contribution in [3.63, 3.8) is 0 Å². The first-order chi connectivity index (χ1) is 10.6. The van der Waals surface area contributed by atoms with Crippen molar-refractivity contribution in [2.45, 2.75) is 13.5 Å². The maximum Gasteiger partial charge on any atom is 0.276 e. The van der Waals surface area contributed by atoms with Gasteiger partial charge >= 0.3 is 0 Å². The Morgan fingerprint density at radius 3 is 2.65 bits per heavy atom. The van der Waals surface area contributed by atoms with E-state index in [9.17, 15) is 4.79 Å². The minimum absolute atomic E-state index is 0. The topological polar surface area (TPSA) is 65.4 Å². The summed E-state index contributed by atoms with van der Waals surface area (Å²) in [6.45, 7) is 2.36. The van der Waals surface area contributed by atoms with E-state index in [2.05, 4.69) is 5.43 Å². The zero-order chi connectivity index (χ0) is 15.5. The predicted octanol–water partition coefficient (Wildman–Crippen LogP) is -0.750. The molecule has 0 bridgehead atoms. The number of para-hydroxylation sites is 1. The lowest BCUT2D eigenvalue weighted by Crippen LogP contribution is -3.00. The molecule has 1 aliphatic rings. The molecule has 0 unspecified atom stereocenters. The highest BCUT2D eigenvalue weighted by molar-refractivity contribution is 6.01. The standard InChI is InChI=1S/C17H17N3O2.BrH/c1-12-6-2-5-9-15(12)22-11-16(21)19-20-10-13-7-3-4-8-14(13)17(20)18;/h2-9,18H,10-11H2,1H3,(H,19,21);1H/p-1. The normalized spacial score (nSPS) is 12.4. The maximum absolute atomic E-state index is 12.0. The second kappa shape index (κ2) is 7.28. The zero-order valence-electron chi connectivity index (χ0n) is 12.7. The number of nitrogens with zero attached hydrogens (tertiary/aromatic N) is 1. The summed E-state index contributed by atoms with van der Waals surface area (Å²) in [6, 6.07) is 15.2. The molecule has 0 saturated carbocycles. The summed E-state index contributed by atoms with van der Waals surface area (Å²) in [5.74, 6) is 0.720. The van der Waals surface area contributed by atoms with Gasteiger partial charge in [0.15, 0.2) is 6.61 Å². The third-order valence-corrected chi connectivity index (χ3v) is 3.58. The van der Waals surface area contributed by atoms with Crippen molar-refractivity contribution >= 4 is 11.7 Å². The Morgan fingerprint density at radius 2 is 1.91 bits per heavy atom. The highest BCUT2D eigenvalue weighted by atomic mass is 79.9. The summed E-state index contributed by atoms with van der Waals surface area (Å²) < 4.78 is 5.51. The van der Waals surface area contributed by atoms with Crippen LogP contribution in [-0.2, 0) is 11.3 Å². The molecular weight excluding hydrogens is 358 g/mol. The highest BCUT2D eigenvalue weighted by Crippen LogP contribution is 2.20. The lowest BCUT2D eigenvalue weighted by molar-refractivity contribution is -0.126. The number of halogens is 1. The first-order valence-electron chi connectivity index (χ1n) is 7.07. The van der Waals surface area contributed by atoms with E-state index < -0.39 is 0 Å². The SMILES string of the molecule is Cc1ccccc1OCC(=O)NN1Cc2ccccc2C1=N.[Br-]. The summed E-state index contributed by atoms with van der Waals surface area (Å²) in [6.07, 6.45) is 0. The average molecular weight is 375 g/mol. The van der Waals surface area contributed by atoms with E-state index in [-0.39, 0.29) is 29.5 Å². The third kappa shape index (κ3) is 3.71. The molecule has 1 amide bonds. The Balaban J connectivity index is 0.00000192. The van der Waals surface area contributed by atoms with Crippen LogP contribution in [-0.4, -0.2) is 23.4 Å². The number of carbonyl (C=O) groups excluding carboxylic acids is 1. The van der Waals surface area contributed by atoms with Gasteiger partial charge in [-0.3, -0.25) is 20.6 Å². The van der Waals surface area contributed by atoms with Crippen LogP contribution in [0.25, 0.3) is 0 Å². The third-order valence-electron chi connectivity index (χ3n) is 3.58. The molecule has 120 valence electrons. The smallest absolute Gasteiger partial charge is 0.276 e. The van der Waals surface area contributed by atoms with Crippen molar-refractivity contribution in [3.8, 4) is 5.75 Å². The van der Waals surface area contributed by atoms with E-state index in [0.29, 0.717) is 18.1 Å². The monoisotopic (exact) mass is 374 g/mol. The van der Waals surface area contributed by atoms with Gasteiger partial charge in [0.05, 0.1) is 6.54 Å². The van der Waals surface area contributed by atoms with Gasteiger partial charge < -0.3 is 21.7 Å². The predicted molar refractivity (Wildman–Crippen MR) is 83.6 cm³/mol. The molecule has 0 radical (unpaired) electrons. The number of hydrogen-bond donors (Lipinski definition) is 2. The van der Waals surface area contributed by atoms with Gasteiger partial charge in [0.25, 0.3) is 5.91 Å². The number of amidine groups is 1. The molecule has 2 aromatic carbocycles. The van der Waals surface area contributed by atoms with Gasteiger partial charge in [0.1, 0.15) is 11.6 Å². The summed E-state index contributed by atoms with van der Waals surface area (Å²) in [4.78, 5) is 12.0. The van der Waals surface area contributed by atoms with E-state index in [1.54, 1.807) is 0 Å². The molecule has 0 atom stereocenters. The fraction of sp³-hybridized carbons (Fsp3) is 0.176. The number of benzene rings is 2. The van der Waals surface area contributed by atoms with Gasteiger partial charge in [-0.1, -0.05) is 42.5 Å². The van der Waals surface area contributed by atoms with Crippen molar-refractivity contribution in [2.75, 3.05) is 6.61 Å². The Labute approximate surface area is 145 Å². The second-order valence-corrected chi connectivity index (χ2v) is 5.18. The van der Waals surface area contributed by atoms with Crippen molar-refractivity contribution in [3.05, 3.63) is 65.2 Å². The summed E-state index contributed by atoms with van der Waals surface area (Å²) >= 11 is 0. The van der Waals surface area contributed by atoms with Gasteiger partial charge in [-0.15, -0.1) is 0 Å². The number of rotatable bonds is 4. The van der Waals surface area contributed by atoms with Crippen molar-refractivity contribution < 1.29 is 26.5 Å². The molecule has 0 fully saturated rings. The lowest BCUT2D eigenvalue weighted by Gasteiger charge is -2.19. The Morgan fingerprint density at radius 1 is 1.22 bits per heavy atom. The van der Waals surface area contributed by atoms with Gasteiger partial charge in [0, 0.05) is 5.56 Å². The molecule has 23 heavy (non-hydrogen) atoms. The molecule has 0 aliphatic carbocycles. The van der Waals surface area contributed by atoms with Crippen LogP contribution < -0.4 is 27.1 Å². The van der Waals surface area contributed by atoms with E-state index in [4.69, 9.17) is 10.1 Å². The number of carbonyl (C=O) groups is 1. The van der Waals surface area contributed by atoms with E-state index >= 15 is 0 Å². The van der Waals surface area contributed by atoms with Crippen LogP contribution in [0.15, 0.2) is 48.5 Å². The van der Waals surface area contributed by atoms with E-state index in [0.717, 1.165) is 16.7 Å². The van der Waals surface area contributed by atoms with Gasteiger partial charge in [-0.2, -0.15) is 0 Å². The maximum atomic E-state index is 12.0. The van der Waals surface area contributed by atoms with Gasteiger partial charge in [0.2, 0.25) is 0 Å². The lowest BCUT2D eigenvalue weighted by atomic mass is 10.1. The summed E-state index contributed by atoms with van der Waals surface area (Å²) in [5, 5.41) is 9.62. The molecule has 5 nitrogen and oxygen atoms in total. The molecule has 1 aliphatic heterocycles. The van der Waals surface area contributed by atoms with E-state index in [1.165, 1.54) is 5.01 Å². The van der Waals surface area contributed by atoms with Crippen LogP contribution in [0.2, 0.25) is 0 Å². The highest BCUT2D eigenvalue weighted by Gasteiger charge is 2.24.